The van der Waals surface area contributed by atoms with Crippen LogP contribution < -0.4 is 15.4 Å². The summed E-state index contributed by atoms with van der Waals surface area (Å²) in [6.07, 6.45) is 2.35. The molecule has 1 fully saturated rings. The number of hydrogen-bond acceptors (Lipinski definition) is 5. The summed E-state index contributed by atoms with van der Waals surface area (Å²) in [5, 5.41) is 0. The molecule has 0 saturated heterocycles. The van der Waals surface area contributed by atoms with Crippen molar-refractivity contribution in [2.45, 2.75) is 25.3 Å². The van der Waals surface area contributed by atoms with Crippen molar-refractivity contribution in [3.05, 3.63) is 41.7 Å². The van der Waals surface area contributed by atoms with Gasteiger partial charge in [-0.1, -0.05) is 18.2 Å². The zero-order valence-electron chi connectivity index (χ0n) is 11.8. The average Bonchev–Trinajstić information content (AvgIpc) is 3.32. The normalized spacial score (nSPS) is 17.8. The second kappa shape index (κ2) is 4.91. The highest BCUT2D eigenvalue weighted by Crippen LogP contribution is 2.39. The van der Waals surface area contributed by atoms with E-state index in [4.69, 9.17) is 15.5 Å². The maximum absolute atomic E-state index is 5.96. The molecule has 0 bridgehead atoms. The minimum absolute atomic E-state index is 0.503. The fourth-order valence-corrected chi connectivity index (χ4v) is 2.68. The van der Waals surface area contributed by atoms with E-state index in [9.17, 15) is 0 Å². The monoisotopic (exact) mass is 282 g/mol. The van der Waals surface area contributed by atoms with Crippen LogP contribution in [0.15, 0.2) is 30.3 Å². The van der Waals surface area contributed by atoms with Crippen LogP contribution in [0.2, 0.25) is 0 Å². The summed E-state index contributed by atoms with van der Waals surface area (Å²) < 4.78 is 5.80. The Labute approximate surface area is 123 Å². The molecule has 4 rings (SSSR count). The summed E-state index contributed by atoms with van der Waals surface area (Å²) in [5.41, 5.74) is 7.14. The van der Waals surface area contributed by atoms with Gasteiger partial charge in [0.05, 0.1) is 6.54 Å². The lowest BCUT2D eigenvalue weighted by atomic mass is 10.2. The van der Waals surface area contributed by atoms with Gasteiger partial charge in [-0.3, -0.25) is 0 Å². The number of hydrogen-bond donors (Lipinski definition) is 1. The number of para-hydroxylation sites is 1. The first kappa shape index (κ1) is 12.4. The quantitative estimate of drug-likeness (QED) is 0.916. The molecule has 2 N–H and O–H groups in total. The van der Waals surface area contributed by atoms with E-state index in [-0.39, 0.29) is 0 Å². The van der Waals surface area contributed by atoms with E-state index in [2.05, 4.69) is 16.0 Å². The van der Waals surface area contributed by atoms with Gasteiger partial charge in [0, 0.05) is 24.1 Å². The molecule has 1 aliphatic heterocycles. The van der Waals surface area contributed by atoms with Crippen LogP contribution >= 0.6 is 0 Å². The van der Waals surface area contributed by atoms with Crippen molar-refractivity contribution in [1.82, 2.24) is 9.97 Å². The molecule has 0 amide bonds. The number of benzene rings is 1. The van der Waals surface area contributed by atoms with Crippen LogP contribution in [0.25, 0.3) is 0 Å². The molecule has 5 nitrogen and oxygen atoms in total. The molecule has 0 atom stereocenters. The smallest absolute Gasteiger partial charge is 0.136 e. The predicted molar refractivity (Wildman–Crippen MR) is 81.4 cm³/mol. The highest BCUT2D eigenvalue weighted by atomic mass is 16.5. The maximum atomic E-state index is 5.96. The molecule has 2 aliphatic rings. The molecule has 1 aromatic heterocycles. The third kappa shape index (κ3) is 2.51. The summed E-state index contributed by atoms with van der Waals surface area (Å²) in [4.78, 5) is 11.3. The van der Waals surface area contributed by atoms with E-state index in [1.54, 1.807) is 0 Å². The molecule has 1 aliphatic carbocycles. The van der Waals surface area contributed by atoms with Crippen molar-refractivity contribution in [3.8, 4) is 5.75 Å². The van der Waals surface area contributed by atoms with Crippen LogP contribution in [-0.4, -0.2) is 23.1 Å². The Kier molecular flexibility index (Phi) is 2.91. The first-order valence-electron chi connectivity index (χ1n) is 7.40. The van der Waals surface area contributed by atoms with Crippen LogP contribution in [0, 0.1) is 0 Å². The van der Waals surface area contributed by atoms with E-state index in [1.165, 1.54) is 18.4 Å². The largest absolute Gasteiger partial charge is 0.491 e. The van der Waals surface area contributed by atoms with E-state index in [0.717, 1.165) is 30.5 Å². The molecule has 2 aromatic rings. The van der Waals surface area contributed by atoms with Gasteiger partial charge >= 0.3 is 0 Å². The molecule has 0 radical (unpaired) electrons. The second-order valence-corrected chi connectivity index (χ2v) is 5.66. The second-order valence-electron chi connectivity index (χ2n) is 5.66. The number of nitrogen functional groups attached to an aromatic ring is 1. The van der Waals surface area contributed by atoms with Crippen LogP contribution in [-0.2, 0) is 6.54 Å². The lowest BCUT2D eigenvalue weighted by molar-refractivity contribution is 0.331. The number of nitrogens with two attached hydrogens (primary N) is 1. The van der Waals surface area contributed by atoms with E-state index >= 15 is 0 Å². The van der Waals surface area contributed by atoms with Gasteiger partial charge in [0.1, 0.15) is 29.8 Å². The van der Waals surface area contributed by atoms with Crippen LogP contribution in [0.1, 0.15) is 30.1 Å². The minimum Gasteiger partial charge on any atom is -0.491 e. The van der Waals surface area contributed by atoms with E-state index in [0.29, 0.717) is 18.3 Å². The van der Waals surface area contributed by atoms with Gasteiger partial charge < -0.3 is 15.4 Å². The van der Waals surface area contributed by atoms with Crippen molar-refractivity contribution in [3.63, 3.8) is 0 Å². The van der Waals surface area contributed by atoms with Gasteiger partial charge in [-0.2, -0.15) is 0 Å². The van der Waals surface area contributed by atoms with Gasteiger partial charge in [-0.05, 0) is 18.9 Å². The minimum atomic E-state index is 0.503. The SMILES string of the molecule is Nc1cc(N2CCOc3ccccc3C2)nc(C2CC2)n1. The van der Waals surface area contributed by atoms with Gasteiger partial charge in [-0.25, -0.2) is 9.97 Å². The van der Waals surface area contributed by atoms with Gasteiger partial charge in [0.15, 0.2) is 0 Å². The van der Waals surface area contributed by atoms with Crippen LogP contribution in [0.5, 0.6) is 5.75 Å². The third-order valence-electron chi connectivity index (χ3n) is 3.97. The highest BCUT2D eigenvalue weighted by Gasteiger charge is 2.28. The Morgan fingerprint density at radius 3 is 2.90 bits per heavy atom. The lowest BCUT2D eigenvalue weighted by Gasteiger charge is -2.21. The Hall–Kier alpha value is -2.30. The van der Waals surface area contributed by atoms with Crippen molar-refractivity contribution in [1.29, 1.82) is 0 Å². The average molecular weight is 282 g/mol. The van der Waals surface area contributed by atoms with Crippen molar-refractivity contribution in [2.75, 3.05) is 23.8 Å². The summed E-state index contributed by atoms with van der Waals surface area (Å²) in [7, 11) is 0. The Bertz CT molecular complexity index is 669. The standard InChI is InChI=1S/C16H18N4O/c17-14-9-15(19-16(18-14)11-5-6-11)20-7-8-21-13-4-2-1-3-12(13)10-20/h1-4,9,11H,5-8,10H2,(H2,17,18,19). The fourth-order valence-electron chi connectivity index (χ4n) is 2.68. The highest BCUT2D eigenvalue weighted by molar-refractivity contribution is 5.49. The fraction of sp³-hybridized carbons (Fsp3) is 0.375. The number of nitrogens with zero attached hydrogens (tertiary/aromatic N) is 3. The zero-order chi connectivity index (χ0) is 14.2. The molecule has 1 aromatic carbocycles. The maximum Gasteiger partial charge on any atom is 0.136 e. The van der Waals surface area contributed by atoms with E-state index in [1.807, 2.05) is 24.3 Å². The topological polar surface area (TPSA) is 64.3 Å². The van der Waals surface area contributed by atoms with Gasteiger partial charge in [-0.15, -0.1) is 0 Å². The van der Waals surface area contributed by atoms with Gasteiger partial charge in [0.25, 0.3) is 0 Å². The van der Waals surface area contributed by atoms with Gasteiger partial charge in [0.2, 0.25) is 0 Å². The number of anilines is 2. The molecular weight excluding hydrogens is 264 g/mol. The van der Waals surface area contributed by atoms with E-state index < -0.39 is 0 Å². The molecular formula is C16H18N4O. The molecule has 0 unspecified atom stereocenters. The first-order chi connectivity index (χ1) is 10.3. The van der Waals surface area contributed by atoms with Crippen molar-refractivity contribution >= 4 is 11.6 Å². The summed E-state index contributed by atoms with van der Waals surface area (Å²) in [6, 6.07) is 10.0. The van der Waals surface area contributed by atoms with Crippen molar-refractivity contribution < 1.29 is 4.74 Å². The summed E-state index contributed by atoms with van der Waals surface area (Å²) in [6.45, 7) is 2.24. The van der Waals surface area contributed by atoms with Crippen LogP contribution in [0.3, 0.4) is 0 Å². The predicted octanol–water partition coefficient (Wildman–Crippen LogP) is 2.34. The first-order valence-corrected chi connectivity index (χ1v) is 7.40. The molecule has 108 valence electrons. The Balaban J connectivity index is 1.67. The number of rotatable bonds is 2. The Morgan fingerprint density at radius 2 is 2.05 bits per heavy atom. The number of fused-ring (bicyclic) bond motifs is 1. The number of aromatic nitrogens is 2. The van der Waals surface area contributed by atoms with Crippen molar-refractivity contribution in [2.24, 2.45) is 0 Å². The molecule has 21 heavy (non-hydrogen) atoms. The third-order valence-corrected chi connectivity index (χ3v) is 3.97. The molecule has 1 saturated carbocycles. The Morgan fingerprint density at radius 1 is 1.19 bits per heavy atom. The molecule has 5 heteroatoms. The number of ether oxygens (including phenoxy) is 1. The molecule has 0 spiro atoms. The summed E-state index contributed by atoms with van der Waals surface area (Å²) in [5.74, 6) is 3.82. The molecule has 2 heterocycles. The zero-order valence-corrected chi connectivity index (χ0v) is 11.8. The summed E-state index contributed by atoms with van der Waals surface area (Å²) >= 11 is 0. The lowest BCUT2D eigenvalue weighted by Crippen LogP contribution is -2.26. The van der Waals surface area contributed by atoms with Crippen LogP contribution in [0.4, 0.5) is 11.6 Å².